The third-order valence-corrected chi connectivity index (χ3v) is 2.06. The number of benzene rings is 1. The first kappa shape index (κ1) is 12.5. The number of methoxy groups -OCH3 is 1. The van der Waals surface area contributed by atoms with Gasteiger partial charge in [-0.05, 0) is 18.2 Å². The lowest BCUT2D eigenvalue weighted by Gasteiger charge is -2.08. The minimum Gasteiger partial charge on any atom is -0.375 e. The van der Waals surface area contributed by atoms with Crippen LogP contribution in [-0.4, -0.2) is 26.0 Å². The van der Waals surface area contributed by atoms with E-state index in [4.69, 9.17) is 11.6 Å². The molecule has 16 heavy (non-hydrogen) atoms. The number of carbonyl (C=O) groups excluding carboxylic acids is 2. The van der Waals surface area contributed by atoms with Gasteiger partial charge in [0.25, 0.3) is 0 Å². The van der Waals surface area contributed by atoms with Crippen molar-refractivity contribution in [2.45, 2.75) is 0 Å². The Morgan fingerprint density at radius 3 is 2.88 bits per heavy atom. The Hall–Kier alpha value is -1.59. The van der Waals surface area contributed by atoms with Crippen LogP contribution >= 0.6 is 11.6 Å². The molecule has 1 aromatic rings. The Morgan fingerprint density at radius 1 is 1.56 bits per heavy atom. The molecular weight excluding hydrogens is 232 g/mol. The average Bonchev–Trinajstić information content (AvgIpc) is 2.23. The van der Waals surface area contributed by atoms with Gasteiger partial charge < -0.3 is 15.4 Å². The fraction of sp³-hybridized carbons (Fsp3) is 0.200. The van der Waals surface area contributed by atoms with Gasteiger partial charge >= 0.3 is 0 Å². The summed E-state index contributed by atoms with van der Waals surface area (Å²) in [5.74, 6) is -0.291. The minimum absolute atomic E-state index is 0.0370. The van der Waals surface area contributed by atoms with Crippen LogP contribution in [-0.2, 0) is 14.3 Å². The van der Waals surface area contributed by atoms with Crippen LogP contribution in [0.5, 0.6) is 0 Å². The molecule has 0 spiro atoms. The minimum atomic E-state index is -0.291. The number of halogens is 1. The van der Waals surface area contributed by atoms with Gasteiger partial charge in [0.15, 0.2) is 0 Å². The smallest absolute Gasteiger partial charge is 0.250 e. The number of hydrogen-bond acceptors (Lipinski definition) is 3. The number of carbonyl (C=O) groups is 2. The van der Waals surface area contributed by atoms with Gasteiger partial charge in [-0.25, -0.2) is 0 Å². The van der Waals surface area contributed by atoms with E-state index in [0.717, 1.165) is 0 Å². The third-order valence-electron chi connectivity index (χ3n) is 1.74. The van der Waals surface area contributed by atoms with Gasteiger partial charge in [0, 0.05) is 12.8 Å². The van der Waals surface area contributed by atoms with Gasteiger partial charge in [0.05, 0.1) is 10.7 Å². The van der Waals surface area contributed by atoms with E-state index in [-0.39, 0.29) is 12.5 Å². The second-order valence-corrected chi connectivity index (χ2v) is 3.35. The van der Waals surface area contributed by atoms with Crippen molar-refractivity contribution < 1.29 is 14.3 Å². The predicted octanol–water partition coefficient (Wildman–Crippen LogP) is 1.49. The first-order valence-corrected chi connectivity index (χ1v) is 4.83. The molecule has 0 aliphatic heterocycles. The molecule has 0 aliphatic carbocycles. The van der Waals surface area contributed by atoms with E-state index in [0.29, 0.717) is 22.8 Å². The maximum absolute atomic E-state index is 11.2. The van der Waals surface area contributed by atoms with E-state index in [9.17, 15) is 9.59 Å². The summed E-state index contributed by atoms with van der Waals surface area (Å²) in [4.78, 5) is 21.4. The van der Waals surface area contributed by atoms with Crippen molar-refractivity contribution in [3.63, 3.8) is 0 Å². The summed E-state index contributed by atoms with van der Waals surface area (Å²) < 4.78 is 4.66. The van der Waals surface area contributed by atoms with E-state index in [1.54, 1.807) is 18.2 Å². The molecule has 0 fully saturated rings. The molecule has 0 aromatic heterocycles. The summed E-state index contributed by atoms with van der Waals surface area (Å²) in [7, 11) is 1.43. The van der Waals surface area contributed by atoms with Gasteiger partial charge in [-0.2, -0.15) is 0 Å². The lowest BCUT2D eigenvalue weighted by atomic mass is 10.2. The van der Waals surface area contributed by atoms with E-state index in [2.05, 4.69) is 15.4 Å². The Morgan fingerprint density at radius 2 is 2.31 bits per heavy atom. The van der Waals surface area contributed by atoms with Crippen molar-refractivity contribution >= 4 is 35.3 Å². The molecule has 2 N–H and O–H groups in total. The maximum atomic E-state index is 11.2. The van der Waals surface area contributed by atoms with Crippen LogP contribution < -0.4 is 10.6 Å². The summed E-state index contributed by atoms with van der Waals surface area (Å²) >= 11 is 5.90. The molecule has 1 aromatic carbocycles. The first-order valence-electron chi connectivity index (χ1n) is 4.46. The Bertz CT molecular complexity index is 396. The molecule has 86 valence electrons. The highest BCUT2D eigenvalue weighted by Crippen LogP contribution is 2.25. The van der Waals surface area contributed by atoms with Gasteiger partial charge in [0.1, 0.15) is 6.61 Å². The zero-order valence-electron chi connectivity index (χ0n) is 8.62. The van der Waals surface area contributed by atoms with Gasteiger partial charge in [-0.15, -0.1) is 0 Å². The standard InChI is InChI=1S/C10H11ClN2O3/c1-16-5-10(15)13-9-3-2-7(12-6-14)4-8(9)11/h2-4,6H,5H2,1H3,(H,12,14)(H,13,15). The molecule has 6 heteroatoms. The lowest BCUT2D eigenvalue weighted by Crippen LogP contribution is -2.17. The number of rotatable bonds is 5. The largest absolute Gasteiger partial charge is 0.375 e. The number of nitrogens with one attached hydrogen (secondary N) is 2. The molecule has 0 radical (unpaired) electrons. The second kappa shape index (κ2) is 6.09. The second-order valence-electron chi connectivity index (χ2n) is 2.94. The SMILES string of the molecule is COCC(=O)Nc1ccc(NC=O)cc1Cl. The molecule has 1 rings (SSSR count). The van der Waals surface area contributed by atoms with Crippen LogP contribution in [0, 0.1) is 0 Å². The summed E-state index contributed by atoms with van der Waals surface area (Å²) in [6.07, 6.45) is 0.550. The molecule has 0 aliphatic rings. The number of ether oxygens (including phenoxy) is 1. The molecule has 0 atom stereocenters. The summed E-state index contributed by atoms with van der Waals surface area (Å²) in [6.45, 7) is -0.0370. The molecule has 0 saturated heterocycles. The molecule has 0 unspecified atom stereocenters. The third kappa shape index (κ3) is 3.52. The normalized spacial score (nSPS) is 9.62. The van der Waals surface area contributed by atoms with Crippen LogP contribution in [0.1, 0.15) is 0 Å². The van der Waals surface area contributed by atoms with Gasteiger partial charge in [0.2, 0.25) is 12.3 Å². The molecule has 5 nitrogen and oxygen atoms in total. The van der Waals surface area contributed by atoms with Gasteiger partial charge in [-0.3, -0.25) is 9.59 Å². The molecule has 2 amide bonds. The highest BCUT2D eigenvalue weighted by atomic mass is 35.5. The van der Waals surface area contributed by atoms with Crippen LogP contribution in [0.2, 0.25) is 5.02 Å². The maximum Gasteiger partial charge on any atom is 0.250 e. The monoisotopic (exact) mass is 242 g/mol. The fourth-order valence-corrected chi connectivity index (χ4v) is 1.32. The lowest BCUT2D eigenvalue weighted by molar-refractivity contribution is -0.119. The first-order chi connectivity index (χ1) is 7.67. The number of hydrogen-bond donors (Lipinski definition) is 2. The average molecular weight is 243 g/mol. The van der Waals surface area contributed by atoms with Crippen LogP contribution in [0.3, 0.4) is 0 Å². The topological polar surface area (TPSA) is 67.4 Å². The zero-order chi connectivity index (χ0) is 12.0. The highest BCUT2D eigenvalue weighted by molar-refractivity contribution is 6.34. The number of anilines is 2. The predicted molar refractivity (Wildman–Crippen MR) is 61.6 cm³/mol. The van der Waals surface area contributed by atoms with Crippen molar-refractivity contribution in [3.8, 4) is 0 Å². The van der Waals surface area contributed by atoms with E-state index in [1.165, 1.54) is 7.11 Å². The summed E-state index contributed by atoms with van der Waals surface area (Å²) in [5.41, 5.74) is 1.03. The van der Waals surface area contributed by atoms with Crippen LogP contribution in [0.4, 0.5) is 11.4 Å². The van der Waals surface area contributed by atoms with Crippen LogP contribution in [0.25, 0.3) is 0 Å². The fourth-order valence-electron chi connectivity index (χ4n) is 1.09. The van der Waals surface area contributed by atoms with Crippen molar-refractivity contribution in [1.29, 1.82) is 0 Å². The highest BCUT2D eigenvalue weighted by Gasteiger charge is 2.05. The zero-order valence-corrected chi connectivity index (χ0v) is 9.38. The Balaban J connectivity index is 2.74. The molecule has 0 saturated carbocycles. The van der Waals surface area contributed by atoms with E-state index in [1.807, 2.05) is 0 Å². The summed E-state index contributed by atoms with van der Waals surface area (Å²) in [6, 6.07) is 4.77. The quantitative estimate of drug-likeness (QED) is 0.769. The number of amides is 2. The summed E-state index contributed by atoms with van der Waals surface area (Å²) in [5, 5.41) is 5.36. The van der Waals surface area contributed by atoms with Crippen molar-refractivity contribution in [2.24, 2.45) is 0 Å². The van der Waals surface area contributed by atoms with Crippen molar-refractivity contribution in [2.75, 3.05) is 24.4 Å². The molecular formula is C10H11ClN2O3. The van der Waals surface area contributed by atoms with Crippen molar-refractivity contribution in [1.82, 2.24) is 0 Å². The molecule has 0 bridgehead atoms. The van der Waals surface area contributed by atoms with E-state index >= 15 is 0 Å². The molecule has 0 heterocycles. The van der Waals surface area contributed by atoms with E-state index < -0.39 is 0 Å². The van der Waals surface area contributed by atoms with Crippen LogP contribution in [0.15, 0.2) is 18.2 Å². The Kier molecular flexibility index (Phi) is 4.75. The Labute approximate surface area is 97.7 Å². The van der Waals surface area contributed by atoms with Crippen molar-refractivity contribution in [3.05, 3.63) is 23.2 Å². The van der Waals surface area contributed by atoms with Gasteiger partial charge in [-0.1, -0.05) is 11.6 Å².